The largest absolute Gasteiger partial charge is 0.400 e. The molecule has 26 heavy (non-hydrogen) atoms. The van der Waals surface area contributed by atoms with E-state index >= 15 is 0 Å². The molecule has 8 nitrogen and oxygen atoms in total. The fourth-order valence-electron chi connectivity index (χ4n) is 2.30. The number of nitrogens with two attached hydrogens (primary N) is 1. The van der Waals surface area contributed by atoms with E-state index in [1.54, 1.807) is 18.3 Å². The van der Waals surface area contributed by atoms with Gasteiger partial charge in [-0.05, 0) is 30.3 Å². The van der Waals surface area contributed by atoms with Crippen LogP contribution in [0.15, 0.2) is 48.4 Å². The van der Waals surface area contributed by atoms with Crippen molar-refractivity contribution < 1.29 is 18.8 Å². The molecule has 3 rings (SSSR count). The summed E-state index contributed by atoms with van der Waals surface area (Å²) >= 11 is 0. The van der Waals surface area contributed by atoms with Gasteiger partial charge in [-0.25, -0.2) is 9.37 Å². The van der Waals surface area contributed by atoms with Gasteiger partial charge in [0.1, 0.15) is 11.6 Å². The number of carbonyl (C=O) groups is 1. The summed E-state index contributed by atoms with van der Waals surface area (Å²) in [5.74, 6) is -0.485. The van der Waals surface area contributed by atoms with Crippen molar-refractivity contribution in [1.82, 2.24) is 10.5 Å². The Balaban J connectivity index is 1.68. The maximum atomic E-state index is 14.0. The Kier molecular flexibility index (Phi) is 5.30. The number of pyridine rings is 1. The third-order valence-electron chi connectivity index (χ3n) is 3.68. The number of aromatic nitrogens is 1. The molecular weight excluding hydrogens is 341 g/mol. The first kappa shape index (κ1) is 17.6. The Morgan fingerprint density at radius 2 is 2.31 bits per heavy atom. The lowest BCUT2D eigenvalue weighted by Gasteiger charge is -2.11. The van der Waals surface area contributed by atoms with Gasteiger partial charge in [-0.15, -0.1) is 5.48 Å². The maximum absolute atomic E-state index is 14.0. The van der Waals surface area contributed by atoms with Crippen molar-refractivity contribution in [3.8, 4) is 0 Å². The minimum Gasteiger partial charge on any atom is -0.400 e. The van der Waals surface area contributed by atoms with Gasteiger partial charge >= 0.3 is 0 Å². The van der Waals surface area contributed by atoms with Crippen LogP contribution in [0.4, 0.5) is 21.6 Å². The molecule has 136 valence electrons. The smallest absolute Gasteiger partial charge is 0.293 e. The van der Waals surface area contributed by atoms with E-state index in [-0.39, 0.29) is 12.3 Å². The average molecular weight is 359 g/mol. The molecule has 1 amide bonds. The summed E-state index contributed by atoms with van der Waals surface area (Å²) < 4.78 is 19.0. The minimum atomic E-state index is -0.492. The lowest BCUT2D eigenvalue weighted by Crippen LogP contribution is -2.23. The second-order valence-corrected chi connectivity index (χ2v) is 5.46. The molecule has 1 atom stereocenters. The van der Waals surface area contributed by atoms with Crippen LogP contribution in [0.1, 0.15) is 5.56 Å². The number of nitrogen functional groups attached to an aromatic ring is 1. The van der Waals surface area contributed by atoms with Crippen molar-refractivity contribution in [3.05, 3.63) is 59.7 Å². The molecule has 0 bridgehead atoms. The number of benzene rings is 1. The maximum Gasteiger partial charge on any atom is 0.293 e. The number of amides is 1. The normalized spacial score (nSPS) is 15.9. The molecule has 2 heterocycles. The molecule has 0 radical (unpaired) electrons. The van der Waals surface area contributed by atoms with Gasteiger partial charge in [-0.3, -0.25) is 4.79 Å². The van der Waals surface area contributed by atoms with E-state index in [2.05, 4.69) is 21.1 Å². The Morgan fingerprint density at radius 3 is 3.04 bits per heavy atom. The third-order valence-corrected chi connectivity index (χ3v) is 3.68. The lowest BCUT2D eigenvalue weighted by atomic mass is 10.1. The van der Waals surface area contributed by atoms with Gasteiger partial charge in [0.15, 0.2) is 6.23 Å². The SMILES string of the molecule is COC1C=C(C(=O)Nc2ccc(F)c(CNc3cccnc3N)c2)ON1. The van der Waals surface area contributed by atoms with E-state index in [0.717, 1.165) is 0 Å². The average Bonchev–Trinajstić information content (AvgIpc) is 3.13. The second-order valence-electron chi connectivity index (χ2n) is 5.46. The van der Waals surface area contributed by atoms with Crippen LogP contribution in [0.2, 0.25) is 0 Å². The monoisotopic (exact) mass is 359 g/mol. The van der Waals surface area contributed by atoms with Crippen molar-refractivity contribution in [2.75, 3.05) is 23.5 Å². The highest BCUT2D eigenvalue weighted by Gasteiger charge is 2.22. The Bertz CT molecular complexity index is 843. The number of methoxy groups -OCH3 is 1. The predicted octanol–water partition coefficient (Wildman–Crippen LogP) is 1.74. The first-order chi connectivity index (χ1) is 12.6. The van der Waals surface area contributed by atoms with E-state index in [1.807, 2.05) is 0 Å². The summed E-state index contributed by atoms with van der Waals surface area (Å²) in [6.07, 6.45) is 2.57. The fourth-order valence-corrected chi connectivity index (χ4v) is 2.30. The standard InChI is InChI=1S/C17H18FN5O3/c1-25-15-8-14(26-23-15)17(24)22-11-4-5-12(18)10(7-11)9-21-13-3-2-6-20-16(13)19/h2-8,15,21,23H,9H2,1H3,(H2,19,20)(H,22,24). The summed E-state index contributed by atoms with van der Waals surface area (Å²) in [4.78, 5) is 21.1. The zero-order valence-electron chi connectivity index (χ0n) is 14.0. The summed E-state index contributed by atoms with van der Waals surface area (Å²) in [5.41, 5.74) is 9.66. The van der Waals surface area contributed by atoms with Crippen molar-refractivity contribution in [2.45, 2.75) is 12.8 Å². The summed E-state index contributed by atoms with van der Waals surface area (Å²) in [6, 6.07) is 7.74. The molecule has 0 saturated carbocycles. The minimum absolute atomic E-state index is 0.0731. The Morgan fingerprint density at radius 1 is 1.46 bits per heavy atom. The van der Waals surface area contributed by atoms with Crippen LogP contribution in [-0.4, -0.2) is 24.2 Å². The van der Waals surface area contributed by atoms with Crippen LogP contribution in [-0.2, 0) is 20.9 Å². The second kappa shape index (κ2) is 7.81. The number of anilines is 3. The number of nitrogens with one attached hydrogen (secondary N) is 3. The zero-order valence-corrected chi connectivity index (χ0v) is 14.0. The highest BCUT2D eigenvalue weighted by atomic mass is 19.1. The van der Waals surface area contributed by atoms with Crippen molar-refractivity contribution in [3.63, 3.8) is 0 Å². The van der Waals surface area contributed by atoms with Crippen LogP contribution in [0, 0.1) is 5.82 Å². The van der Waals surface area contributed by atoms with E-state index in [1.165, 1.54) is 31.4 Å². The molecule has 1 aromatic carbocycles. The first-order valence-corrected chi connectivity index (χ1v) is 7.78. The molecule has 0 fully saturated rings. The van der Waals surface area contributed by atoms with Crippen LogP contribution < -0.4 is 21.8 Å². The molecular formula is C17H18FN5O3. The Labute approximate surface area is 149 Å². The molecule has 1 aliphatic heterocycles. The van der Waals surface area contributed by atoms with Gasteiger partial charge in [0.25, 0.3) is 5.91 Å². The van der Waals surface area contributed by atoms with E-state index in [9.17, 15) is 9.18 Å². The molecule has 0 saturated heterocycles. The summed E-state index contributed by atoms with van der Waals surface area (Å²) in [6.45, 7) is 0.179. The van der Waals surface area contributed by atoms with E-state index in [0.29, 0.717) is 22.8 Å². The van der Waals surface area contributed by atoms with E-state index < -0.39 is 18.0 Å². The number of hydrogen-bond donors (Lipinski definition) is 4. The molecule has 0 spiro atoms. The number of rotatable bonds is 6. The number of hydroxylamine groups is 1. The van der Waals surface area contributed by atoms with Crippen LogP contribution in [0.3, 0.4) is 0 Å². The zero-order chi connectivity index (χ0) is 18.5. The molecule has 1 aromatic heterocycles. The summed E-state index contributed by atoms with van der Waals surface area (Å²) in [7, 11) is 1.48. The molecule has 1 unspecified atom stereocenters. The number of ether oxygens (including phenoxy) is 1. The fraction of sp³-hybridized carbons (Fsp3) is 0.176. The highest BCUT2D eigenvalue weighted by molar-refractivity contribution is 6.02. The van der Waals surface area contributed by atoms with Gasteiger partial charge in [-0.1, -0.05) is 0 Å². The van der Waals surface area contributed by atoms with Crippen molar-refractivity contribution >= 4 is 23.1 Å². The van der Waals surface area contributed by atoms with Gasteiger partial charge in [0, 0.05) is 37.2 Å². The Hall–Kier alpha value is -3.17. The quantitative estimate of drug-likeness (QED) is 0.622. The lowest BCUT2D eigenvalue weighted by molar-refractivity contribution is -0.117. The molecule has 5 N–H and O–H groups in total. The van der Waals surface area contributed by atoms with Crippen molar-refractivity contribution in [2.24, 2.45) is 0 Å². The summed E-state index contributed by atoms with van der Waals surface area (Å²) in [5, 5.41) is 5.66. The molecule has 9 heteroatoms. The van der Waals surface area contributed by atoms with E-state index in [4.69, 9.17) is 15.3 Å². The molecule has 1 aliphatic rings. The van der Waals surface area contributed by atoms with Gasteiger partial charge < -0.3 is 25.9 Å². The third kappa shape index (κ3) is 4.08. The number of carbonyl (C=O) groups excluding carboxylic acids is 1. The topological polar surface area (TPSA) is 111 Å². The predicted molar refractivity (Wildman–Crippen MR) is 94.1 cm³/mol. The van der Waals surface area contributed by atoms with Gasteiger partial charge in [0.05, 0.1) is 5.69 Å². The highest BCUT2D eigenvalue weighted by Crippen LogP contribution is 2.20. The molecule has 0 aliphatic carbocycles. The number of hydrogen-bond acceptors (Lipinski definition) is 7. The van der Waals surface area contributed by atoms with Crippen LogP contribution >= 0.6 is 0 Å². The van der Waals surface area contributed by atoms with Gasteiger partial charge in [0.2, 0.25) is 5.76 Å². The number of halogens is 1. The van der Waals surface area contributed by atoms with Crippen LogP contribution in [0.25, 0.3) is 0 Å². The van der Waals surface area contributed by atoms with Crippen molar-refractivity contribution in [1.29, 1.82) is 0 Å². The number of nitrogens with zero attached hydrogens (tertiary/aromatic N) is 1. The van der Waals surface area contributed by atoms with Gasteiger partial charge in [-0.2, -0.15) is 0 Å². The first-order valence-electron chi connectivity index (χ1n) is 7.78. The molecule has 2 aromatic rings. The van der Waals surface area contributed by atoms with Crippen LogP contribution in [0.5, 0.6) is 0 Å².